The Morgan fingerprint density at radius 2 is 1.86 bits per heavy atom. The molecule has 3 aromatic rings. The molecule has 0 fully saturated rings. The maximum absolute atomic E-state index is 11.0. The highest BCUT2D eigenvalue weighted by atomic mass is 16.6. The molecule has 1 N–H and O–H groups in total. The van der Waals surface area contributed by atoms with Crippen LogP contribution in [0.4, 0.5) is 11.4 Å². The van der Waals surface area contributed by atoms with Gasteiger partial charge >= 0.3 is 0 Å². The molecule has 0 aliphatic rings. The first kappa shape index (κ1) is 13.1. The second-order valence-corrected chi connectivity index (χ2v) is 4.62. The minimum atomic E-state index is -0.385. The van der Waals surface area contributed by atoms with Gasteiger partial charge in [-0.25, -0.2) is 0 Å². The number of aromatic nitrogens is 1. The number of hydrogen-bond acceptors (Lipinski definition) is 4. The lowest BCUT2D eigenvalue weighted by Gasteiger charge is -2.09. The molecule has 0 amide bonds. The number of hydrogen-bond donors (Lipinski definition) is 1. The van der Waals surface area contributed by atoms with Crippen LogP contribution in [0.1, 0.15) is 5.56 Å². The number of nitro benzene ring substituents is 1. The maximum atomic E-state index is 11.0. The molecule has 0 aliphatic carbocycles. The van der Waals surface area contributed by atoms with Crippen molar-refractivity contribution in [1.82, 2.24) is 4.98 Å². The first-order valence-electron chi connectivity index (χ1n) is 6.55. The Kier molecular flexibility index (Phi) is 3.47. The second kappa shape index (κ2) is 5.58. The quantitative estimate of drug-likeness (QED) is 0.583. The van der Waals surface area contributed by atoms with Gasteiger partial charge in [0.25, 0.3) is 5.69 Å². The zero-order valence-corrected chi connectivity index (χ0v) is 11.2. The van der Waals surface area contributed by atoms with E-state index < -0.39 is 0 Å². The summed E-state index contributed by atoms with van der Waals surface area (Å²) in [4.78, 5) is 15.0. The number of rotatable bonds is 4. The Hall–Kier alpha value is -2.95. The summed E-state index contributed by atoms with van der Waals surface area (Å²) in [6.45, 7) is 0.485. The van der Waals surface area contributed by atoms with Gasteiger partial charge in [0.2, 0.25) is 0 Å². The van der Waals surface area contributed by atoms with E-state index in [2.05, 4.69) is 10.3 Å². The molecule has 3 rings (SSSR count). The van der Waals surface area contributed by atoms with Gasteiger partial charge in [0.15, 0.2) is 0 Å². The van der Waals surface area contributed by atoms with Crippen LogP contribution in [-0.4, -0.2) is 9.91 Å². The van der Waals surface area contributed by atoms with Crippen LogP contribution in [0, 0.1) is 10.1 Å². The van der Waals surface area contributed by atoms with Crippen LogP contribution < -0.4 is 5.32 Å². The van der Waals surface area contributed by atoms with E-state index >= 15 is 0 Å². The van der Waals surface area contributed by atoms with Gasteiger partial charge in [-0.3, -0.25) is 15.1 Å². The van der Waals surface area contributed by atoms with Crippen molar-refractivity contribution >= 4 is 22.3 Å². The molecule has 21 heavy (non-hydrogen) atoms. The molecule has 2 aromatic carbocycles. The number of fused-ring (bicyclic) bond motifs is 1. The number of pyridine rings is 1. The van der Waals surface area contributed by atoms with Gasteiger partial charge in [-0.1, -0.05) is 36.4 Å². The number of para-hydroxylation sites is 3. The van der Waals surface area contributed by atoms with Crippen LogP contribution in [0.25, 0.3) is 10.9 Å². The van der Waals surface area contributed by atoms with Crippen molar-refractivity contribution in [2.45, 2.75) is 6.54 Å². The van der Waals surface area contributed by atoms with Gasteiger partial charge in [0.1, 0.15) is 5.69 Å². The lowest BCUT2D eigenvalue weighted by molar-refractivity contribution is -0.384. The summed E-state index contributed by atoms with van der Waals surface area (Å²) in [7, 11) is 0. The zero-order chi connectivity index (χ0) is 14.7. The van der Waals surface area contributed by atoms with Crippen molar-refractivity contribution in [3.05, 3.63) is 76.5 Å². The van der Waals surface area contributed by atoms with E-state index in [0.717, 1.165) is 16.5 Å². The third-order valence-corrected chi connectivity index (χ3v) is 3.29. The topological polar surface area (TPSA) is 68.1 Å². The summed E-state index contributed by atoms with van der Waals surface area (Å²) in [6.07, 6.45) is 1.75. The smallest absolute Gasteiger partial charge is 0.292 e. The minimum absolute atomic E-state index is 0.0747. The summed E-state index contributed by atoms with van der Waals surface area (Å²) in [6, 6.07) is 16.4. The van der Waals surface area contributed by atoms with Crippen molar-refractivity contribution in [3.8, 4) is 0 Å². The third kappa shape index (κ3) is 2.67. The van der Waals surface area contributed by atoms with Gasteiger partial charge in [0.05, 0.1) is 10.4 Å². The third-order valence-electron chi connectivity index (χ3n) is 3.29. The molecule has 0 saturated carbocycles. The van der Waals surface area contributed by atoms with E-state index in [1.807, 2.05) is 30.3 Å². The van der Waals surface area contributed by atoms with E-state index in [1.54, 1.807) is 24.4 Å². The average molecular weight is 279 g/mol. The highest BCUT2D eigenvalue weighted by Gasteiger charge is 2.12. The highest BCUT2D eigenvalue weighted by molar-refractivity contribution is 5.81. The monoisotopic (exact) mass is 279 g/mol. The normalized spacial score (nSPS) is 10.5. The highest BCUT2D eigenvalue weighted by Crippen LogP contribution is 2.24. The first-order valence-corrected chi connectivity index (χ1v) is 6.55. The van der Waals surface area contributed by atoms with Gasteiger partial charge < -0.3 is 5.32 Å². The lowest BCUT2D eigenvalue weighted by Crippen LogP contribution is -2.03. The Labute approximate surface area is 121 Å². The number of nitro groups is 1. The van der Waals surface area contributed by atoms with Gasteiger partial charge in [-0.2, -0.15) is 0 Å². The van der Waals surface area contributed by atoms with Gasteiger partial charge in [-0.15, -0.1) is 0 Å². The molecule has 0 unspecified atom stereocenters. The standard InChI is InChI=1S/C16H13N3O2/c20-19(21)15-9-2-1-8-14(15)18-11-13-6-3-5-12-7-4-10-17-16(12)13/h1-10,18H,11H2. The molecule has 1 heterocycles. The van der Waals surface area contributed by atoms with E-state index in [4.69, 9.17) is 0 Å². The molecule has 5 heteroatoms. The number of benzene rings is 2. The average Bonchev–Trinajstić information content (AvgIpc) is 2.53. The summed E-state index contributed by atoms with van der Waals surface area (Å²) in [5.74, 6) is 0. The Bertz CT molecular complexity index is 797. The molecule has 1 aromatic heterocycles. The molecule has 104 valence electrons. The van der Waals surface area contributed by atoms with Crippen LogP contribution in [0.5, 0.6) is 0 Å². The van der Waals surface area contributed by atoms with Crippen LogP contribution in [0.15, 0.2) is 60.8 Å². The van der Waals surface area contributed by atoms with Gasteiger partial charge in [-0.05, 0) is 17.7 Å². The fraction of sp³-hybridized carbons (Fsp3) is 0.0625. The minimum Gasteiger partial charge on any atom is -0.375 e. The molecule has 0 aliphatic heterocycles. The molecule has 0 saturated heterocycles. The summed E-state index contributed by atoms with van der Waals surface area (Å²) in [5.41, 5.74) is 2.50. The van der Waals surface area contributed by atoms with Crippen LogP contribution in [0.2, 0.25) is 0 Å². The predicted octanol–water partition coefficient (Wildman–Crippen LogP) is 3.76. The number of anilines is 1. The maximum Gasteiger partial charge on any atom is 0.292 e. The summed E-state index contributed by atoms with van der Waals surface area (Å²) < 4.78 is 0. The van der Waals surface area contributed by atoms with Crippen molar-refractivity contribution in [2.24, 2.45) is 0 Å². The van der Waals surface area contributed by atoms with Crippen LogP contribution >= 0.6 is 0 Å². The fourth-order valence-corrected chi connectivity index (χ4v) is 2.28. The first-order chi connectivity index (χ1) is 10.3. The summed E-state index contributed by atoms with van der Waals surface area (Å²) >= 11 is 0. The largest absolute Gasteiger partial charge is 0.375 e. The Morgan fingerprint density at radius 3 is 2.71 bits per heavy atom. The predicted molar refractivity (Wildman–Crippen MR) is 82.2 cm³/mol. The number of nitrogens with one attached hydrogen (secondary N) is 1. The van der Waals surface area contributed by atoms with E-state index in [1.165, 1.54) is 6.07 Å². The van der Waals surface area contributed by atoms with Crippen molar-refractivity contribution in [1.29, 1.82) is 0 Å². The molecule has 0 atom stereocenters. The van der Waals surface area contributed by atoms with Crippen molar-refractivity contribution in [3.63, 3.8) is 0 Å². The Morgan fingerprint density at radius 1 is 1.05 bits per heavy atom. The van der Waals surface area contributed by atoms with Crippen molar-refractivity contribution in [2.75, 3.05) is 5.32 Å². The van der Waals surface area contributed by atoms with E-state index in [0.29, 0.717) is 12.2 Å². The SMILES string of the molecule is O=[N+]([O-])c1ccccc1NCc1cccc2cccnc12. The molecular weight excluding hydrogens is 266 g/mol. The zero-order valence-electron chi connectivity index (χ0n) is 11.2. The van der Waals surface area contributed by atoms with Gasteiger partial charge in [0, 0.05) is 24.2 Å². The van der Waals surface area contributed by atoms with E-state index in [9.17, 15) is 10.1 Å². The molecular formula is C16H13N3O2. The lowest BCUT2D eigenvalue weighted by atomic mass is 10.1. The summed E-state index contributed by atoms with van der Waals surface area (Å²) in [5, 5.41) is 15.2. The van der Waals surface area contributed by atoms with Crippen LogP contribution in [0.3, 0.4) is 0 Å². The molecule has 0 radical (unpaired) electrons. The number of nitrogens with zero attached hydrogens (tertiary/aromatic N) is 2. The second-order valence-electron chi connectivity index (χ2n) is 4.62. The fourth-order valence-electron chi connectivity index (χ4n) is 2.28. The molecule has 5 nitrogen and oxygen atoms in total. The van der Waals surface area contributed by atoms with E-state index in [-0.39, 0.29) is 10.6 Å². The molecule has 0 spiro atoms. The van der Waals surface area contributed by atoms with Crippen LogP contribution in [-0.2, 0) is 6.54 Å². The molecule has 0 bridgehead atoms. The van der Waals surface area contributed by atoms with Crippen molar-refractivity contribution < 1.29 is 4.92 Å². The Balaban J connectivity index is 1.89.